The zero-order valence-electron chi connectivity index (χ0n) is 10.3. The number of benzene rings is 2. The predicted molar refractivity (Wildman–Crippen MR) is 69.4 cm³/mol. The lowest BCUT2D eigenvalue weighted by Gasteiger charge is -2.10. The van der Waals surface area contributed by atoms with Gasteiger partial charge in [0.2, 0.25) is 0 Å². The Morgan fingerprint density at radius 1 is 0.824 bits per heavy atom. The first-order chi connectivity index (χ1) is 7.99. The topological polar surface area (TPSA) is 40.5 Å². The third-order valence-electron chi connectivity index (χ3n) is 2.95. The summed E-state index contributed by atoms with van der Waals surface area (Å²) in [6.45, 7) is 5.71. The Morgan fingerprint density at radius 3 is 2.00 bits per heavy atom. The van der Waals surface area contributed by atoms with Gasteiger partial charge in [-0.05, 0) is 61.7 Å². The van der Waals surface area contributed by atoms with E-state index in [4.69, 9.17) is 0 Å². The van der Waals surface area contributed by atoms with Crippen molar-refractivity contribution >= 4 is 0 Å². The Kier molecular flexibility index (Phi) is 2.80. The minimum atomic E-state index is 0.264. The lowest BCUT2D eigenvalue weighted by Crippen LogP contribution is -1.86. The van der Waals surface area contributed by atoms with E-state index in [9.17, 15) is 10.2 Å². The van der Waals surface area contributed by atoms with Gasteiger partial charge in [-0.15, -0.1) is 0 Å². The fraction of sp³-hybridized carbons (Fsp3) is 0.200. The highest BCUT2D eigenvalue weighted by atomic mass is 16.3. The lowest BCUT2D eigenvalue weighted by molar-refractivity contribution is 0.466. The van der Waals surface area contributed by atoms with Crippen LogP contribution in [0.3, 0.4) is 0 Å². The largest absolute Gasteiger partial charge is 0.507 e. The van der Waals surface area contributed by atoms with Crippen molar-refractivity contribution in [3.05, 3.63) is 47.0 Å². The Labute approximate surface area is 101 Å². The second kappa shape index (κ2) is 4.13. The van der Waals surface area contributed by atoms with E-state index in [1.54, 1.807) is 6.07 Å². The Hall–Kier alpha value is -1.96. The average Bonchev–Trinajstić information content (AvgIpc) is 2.28. The molecule has 2 aromatic carbocycles. The summed E-state index contributed by atoms with van der Waals surface area (Å²) < 4.78 is 0. The molecule has 2 heteroatoms. The van der Waals surface area contributed by atoms with Crippen molar-refractivity contribution in [2.75, 3.05) is 0 Å². The summed E-state index contributed by atoms with van der Waals surface area (Å²) in [7, 11) is 0. The maximum absolute atomic E-state index is 9.88. The van der Waals surface area contributed by atoms with Crippen LogP contribution in [-0.4, -0.2) is 10.2 Å². The van der Waals surface area contributed by atoms with Gasteiger partial charge in [-0.2, -0.15) is 0 Å². The molecule has 0 aromatic heterocycles. The minimum Gasteiger partial charge on any atom is -0.507 e. The summed E-state index contributed by atoms with van der Waals surface area (Å²) in [5, 5.41) is 19.6. The molecular formula is C15H16O2. The zero-order chi connectivity index (χ0) is 12.6. The average molecular weight is 228 g/mol. The van der Waals surface area contributed by atoms with Gasteiger partial charge >= 0.3 is 0 Å². The molecule has 0 fully saturated rings. The highest BCUT2D eigenvalue weighted by Gasteiger charge is 2.08. The quantitative estimate of drug-likeness (QED) is 0.781. The molecule has 2 N–H and O–H groups in total. The number of phenolic OH excluding ortho intramolecular Hbond substituents is 2. The SMILES string of the molecule is Cc1ccc(O)c(-c2cc(C)c(O)c(C)c2)c1. The van der Waals surface area contributed by atoms with Crippen molar-refractivity contribution in [1.29, 1.82) is 0 Å². The van der Waals surface area contributed by atoms with E-state index in [1.807, 2.05) is 45.0 Å². The van der Waals surface area contributed by atoms with Crippen LogP contribution in [0.4, 0.5) is 0 Å². The molecular weight excluding hydrogens is 212 g/mol. The number of hydrogen-bond donors (Lipinski definition) is 2. The van der Waals surface area contributed by atoms with E-state index in [0.717, 1.165) is 27.8 Å². The summed E-state index contributed by atoms with van der Waals surface area (Å²) in [6.07, 6.45) is 0. The highest BCUT2D eigenvalue weighted by Crippen LogP contribution is 2.34. The fourth-order valence-corrected chi connectivity index (χ4v) is 1.99. The highest BCUT2D eigenvalue weighted by molar-refractivity contribution is 5.73. The molecule has 0 saturated carbocycles. The van der Waals surface area contributed by atoms with Gasteiger partial charge < -0.3 is 10.2 Å². The van der Waals surface area contributed by atoms with Gasteiger partial charge in [-0.25, -0.2) is 0 Å². The molecule has 0 aliphatic carbocycles. The molecule has 88 valence electrons. The van der Waals surface area contributed by atoms with E-state index < -0.39 is 0 Å². The molecule has 0 aliphatic rings. The monoisotopic (exact) mass is 228 g/mol. The van der Waals surface area contributed by atoms with Gasteiger partial charge in [-0.1, -0.05) is 11.6 Å². The molecule has 2 rings (SSSR count). The van der Waals surface area contributed by atoms with Gasteiger partial charge in [-0.3, -0.25) is 0 Å². The Bertz CT molecular complexity index is 548. The second-order valence-electron chi connectivity index (χ2n) is 4.48. The van der Waals surface area contributed by atoms with Crippen molar-refractivity contribution in [3.8, 4) is 22.6 Å². The molecule has 0 heterocycles. The third-order valence-corrected chi connectivity index (χ3v) is 2.95. The summed E-state index contributed by atoms with van der Waals surface area (Å²) in [6, 6.07) is 9.29. The van der Waals surface area contributed by atoms with Crippen molar-refractivity contribution in [1.82, 2.24) is 0 Å². The minimum absolute atomic E-state index is 0.264. The van der Waals surface area contributed by atoms with Gasteiger partial charge in [0.15, 0.2) is 0 Å². The van der Waals surface area contributed by atoms with Crippen LogP contribution in [-0.2, 0) is 0 Å². The second-order valence-corrected chi connectivity index (χ2v) is 4.48. The van der Waals surface area contributed by atoms with Crippen LogP contribution in [0.2, 0.25) is 0 Å². The van der Waals surface area contributed by atoms with Crippen LogP contribution in [0.15, 0.2) is 30.3 Å². The molecule has 0 atom stereocenters. The Morgan fingerprint density at radius 2 is 1.41 bits per heavy atom. The molecule has 0 aliphatic heterocycles. The summed E-state index contributed by atoms with van der Waals surface area (Å²) in [4.78, 5) is 0. The van der Waals surface area contributed by atoms with Crippen molar-refractivity contribution in [3.63, 3.8) is 0 Å². The number of hydrogen-bond acceptors (Lipinski definition) is 2. The summed E-state index contributed by atoms with van der Waals surface area (Å²) in [5.74, 6) is 0.584. The van der Waals surface area contributed by atoms with Crippen LogP contribution in [0.1, 0.15) is 16.7 Å². The first-order valence-corrected chi connectivity index (χ1v) is 5.59. The van der Waals surface area contributed by atoms with Gasteiger partial charge in [0.05, 0.1) is 0 Å². The number of phenols is 2. The van der Waals surface area contributed by atoms with Crippen LogP contribution in [0.25, 0.3) is 11.1 Å². The summed E-state index contributed by atoms with van der Waals surface area (Å²) in [5.41, 5.74) is 4.47. The number of rotatable bonds is 1. The first-order valence-electron chi connectivity index (χ1n) is 5.59. The van der Waals surface area contributed by atoms with Crippen molar-refractivity contribution < 1.29 is 10.2 Å². The first kappa shape index (κ1) is 11.5. The molecule has 2 aromatic rings. The molecule has 0 radical (unpaired) electrons. The number of aromatic hydroxyl groups is 2. The molecule has 0 amide bonds. The van der Waals surface area contributed by atoms with Crippen molar-refractivity contribution in [2.24, 2.45) is 0 Å². The van der Waals surface area contributed by atoms with Crippen LogP contribution in [0, 0.1) is 20.8 Å². The lowest BCUT2D eigenvalue weighted by atomic mass is 9.98. The van der Waals surface area contributed by atoms with Crippen LogP contribution < -0.4 is 0 Å². The van der Waals surface area contributed by atoms with Gasteiger partial charge in [0, 0.05) is 5.56 Å². The molecule has 17 heavy (non-hydrogen) atoms. The normalized spacial score (nSPS) is 10.5. The van der Waals surface area contributed by atoms with E-state index in [1.165, 1.54) is 0 Å². The van der Waals surface area contributed by atoms with E-state index >= 15 is 0 Å². The standard InChI is InChI=1S/C15H16O2/c1-9-4-5-14(16)13(6-9)12-7-10(2)15(17)11(3)8-12/h4-8,16-17H,1-3H3. The fourth-order valence-electron chi connectivity index (χ4n) is 1.99. The van der Waals surface area contributed by atoms with Crippen LogP contribution in [0.5, 0.6) is 11.5 Å². The van der Waals surface area contributed by atoms with E-state index in [-0.39, 0.29) is 5.75 Å². The molecule has 0 bridgehead atoms. The predicted octanol–water partition coefficient (Wildman–Crippen LogP) is 3.69. The molecule has 0 saturated heterocycles. The van der Waals surface area contributed by atoms with Crippen LogP contribution >= 0.6 is 0 Å². The molecule has 0 spiro atoms. The molecule has 0 unspecified atom stereocenters. The third kappa shape index (κ3) is 2.11. The summed E-state index contributed by atoms with van der Waals surface area (Å²) >= 11 is 0. The van der Waals surface area contributed by atoms with E-state index in [0.29, 0.717) is 5.75 Å². The van der Waals surface area contributed by atoms with Crippen molar-refractivity contribution in [2.45, 2.75) is 20.8 Å². The smallest absolute Gasteiger partial charge is 0.123 e. The Balaban J connectivity index is 2.64. The van der Waals surface area contributed by atoms with Gasteiger partial charge in [0.25, 0.3) is 0 Å². The van der Waals surface area contributed by atoms with E-state index in [2.05, 4.69) is 0 Å². The van der Waals surface area contributed by atoms with Gasteiger partial charge in [0.1, 0.15) is 11.5 Å². The number of aryl methyl sites for hydroxylation is 3. The zero-order valence-corrected chi connectivity index (χ0v) is 10.3. The molecule has 2 nitrogen and oxygen atoms in total. The maximum atomic E-state index is 9.88. The maximum Gasteiger partial charge on any atom is 0.123 e.